The highest BCUT2D eigenvalue weighted by molar-refractivity contribution is 7.14. The predicted octanol–water partition coefficient (Wildman–Crippen LogP) is 1.50. The second-order valence-corrected chi connectivity index (χ2v) is 5.32. The Morgan fingerprint density at radius 3 is 2.53 bits per heavy atom. The van der Waals surface area contributed by atoms with E-state index in [2.05, 4.69) is 10.4 Å². The molecule has 0 unspecified atom stereocenters. The predicted molar refractivity (Wildman–Crippen MR) is 57.7 cm³/mol. The third kappa shape index (κ3) is 1.66. The molecular formula is C10H13N3OS. The fourth-order valence-corrected chi connectivity index (χ4v) is 2.94. The summed E-state index contributed by atoms with van der Waals surface area (Å²) in [6.07, 6.45) is 4.78. The second kappa shape index (κ2) is 3.28. The van der Waals surface area contributed by atoms with Crippen molar-refractivity contribution in [1.29, 1.82) is 0 Å². The highest BCUT2D eigenvalue weighted by Crippen LogP contribution is 2.47. The topological polar surface area (TPSA) is 68.0 Å². The Morgan fingerprint density at radius 2 is 2.00 bits per heavy atom. The molecule has 2 fully saturated rings. The monoisotopic (exact) mass is 223 g/mol. The van der Waals surface area contributed by atoms with E-state index >= 15 is 0 Å². The van der Waals surface area contributed by atoms with Crippen LogP contribution in [-0.2, 0) is 0 Å². The first-order valence-corrected chi connectivity index (χ1v) is 6.13. The van der Waals surface area contributed by atoms with E-state index in [0.29, 0.717) is 11.8 Å². The van der Waals surface area contributed by atoms with E-state index in [9.17, 15) is 4.79 Å². The third-order valence-corrected chi connectivity index (χ3v) is 4.13. The van der Waals surface area contributed by atoms with Gasteiger partial charge in [0.1, 0.15) is 4.88 Å². The van der Waals surface area contributed by atoms with Gasteiger partial charge in [-0.25, -0.2) is 10.8 Å². The van der Waals surface area contributed by atoms with Crippen molar-refractivity contribution < 1.29 is 4.79 Å². The summed E-state index contributed by atoms with van der Waals surface area (Å²) in [4.78, 5) is 16.9. The van der Waals surface area contributed by atoms with Gasteiger partial charge in [-0.05, 0) is 25.7 Å². The molecule has 5 heteroatoms. The van der Waals surface area contributed by atoms with Crippen LogP contribution >= 0.6 is 11.3 Å². The van der Waals surface area contributed by atoms with Crippen molar-refractivity contribution in [2.75, 3.05) is 0 Å². The zero-order chi connectivity index (χ0) is 10.4. The molecule has 1 aromatic rings. The van der Waals surface area contributed by atoms with E-state index in [0.717, 1.165) is 15.6 Å². The van der Waals surface area contributed by atoms with Gasteiger partial charge in [-0.3, -0.25) is 10.2 Å². The molecule has 80 valence electrons. The van der Waals surface area contributed by atoms with Crippen LogP contribution in [-0.4, -0.2) is 10.9 Å². The number of hydrogen-bond acceptors (Lipinski definition) is 4. The van der Waals surface area contributed by atoms with Gasteiger partial charge in [0.25, 0.3) is 5.91 Å². The summed E-state index contributed by atoms with van der Waals surface area (Å²) in [6.45, 7) is 0. The smallest absolute Gasteiger partial charge is 0.277 e. The number of rotatable bonds is 3. The Hall–Kier alpha value is -0.940. The van der Waals surface area contributed by atoms with Gasteiger partial charge in [-0.2, -0.15) is 0 Å². The first-order valence-electron chi connectivity index (χ1n) is 5.31. The van der Waals surface area contributed by atoms with Crippen LogP contribution in [0.25, 0.3) is 0 Å². The Kier molecular flexibility index (Phi) is 2.03. The molecule has 2 aliphatic carbocycles. The molecule has 0 atom stereocenters. The molecule has 1 amide bonds. The fraction of sp³-hybridized carbons (Fsp3) is 0.600. The average molecular weight is 223 g/mol. The van der Waals surface area contributed by atoms with Crippen LogP contribution in [0.2, 0.25) is 0 Å². The minimum atomic E-state index is -0.179. The second-order valence-electron chi connectivity index (χ2n) is 4.29. The Bertz CT molecular complexity index is 407. The number of nitrogen functional groups attached to an aromatic ring is 1. The minimum Gasteiger partial charge on any atom is -0.289 e. The first-order chi connectivity index (χ1) is 7.29. The van der Waals surface area contributed by atoms with E-state index in [1.165, 1.54) is 37.0 Å². The zero-order valence-electron chi connectivity index (χ0n) is 8.32. The highest BCUT2D eigenvalue weighted by atomic mass is 32.1. The van der Waals surface area contributed by atoms with Crippen molar-refractivity contribution >= 4 is 17.2 Å². The zero-order valence-corrected chi connectivity index (χ0v) is 9.14. The van der Waals surface area contributed by atoms with E-state index in [-0.39, 0.29) is 5.91 Å². The normalized spacial score (nSPS) is 20.3. The SMILES string of the molecule is NNC(=O)c1sc(C2CC2)nc1C1CC1. The molecule has 1 heterocycles. The maximum absolute atomic E-state index is 11.6. The molecule has 0 aliphatic heterocycles. The van der Waals surface area contributed by atoms with E-state index in [1.807, 2.05) is 0 Å². The van der Waals surface area contributed by atoms with Crippen molar-refractivity contribution in [3.8, 4) is 0 Å². The third-order valence-electron chi connectivity index (χ3n) is 2.90. The lowest BCUT2D eigenvalue weighted by Gasteiger charge is -1.97. The van der Waals surface area contributed by atoms with Gasteiger partial charge in [-0.15, -0.1) is 11.3 Å². The molecule has 1 aromatic heterocycles. The fourth-order valence-electron chi connectivity index (χ4n) is 1.72. The molecule has 4 nitrogen and oxygen atoms in total. The molecule has 15 heavy (non-hydrogen) atoms. The largest absolute Gasteiger partial charge is 0.289 e. The number of carbonyl (C=O) groups is 1. The van der Waals surface area contributed by atoms with Crippen molar-refractivity contribution in [3.63, 3.8) is 0 Å². The number of hydrogen-bond donors (Lipinski definition) is 2. The van der Waals surface area contributed by atoms with Gasteiger partial charge in [0.15, 0.2) is 0 Å². The molecule has 0 radical (unpaired) electrons. The van der Waals surface area contributed by atoms with Crippen molar-refractivity contribution in [1.82, 2.24) is 10.4 Å². The molecule has 0 spiro atoms. The number of nitrogens with zero attached hydrogens (tertiary/aromatic N) is 1. The summed E-state index contributed by atoms with van der Waals surface area (Å²) in [7, 11) is 0. The average Bonchev–Trinajstić information content (AvgIpc) is 3.15. The summed E-state index contributed by atoms with van der Waals surface area (Å²) in [5.74, 6) is 6.13. The number of nitrogens with one attached hydrogen (secondary N) is 1. The van der Waals surface area contributed by atoms with Crippen LogP contribution in [0.15, 0.2) is 0 Å². The molecule has 0 bridgehead atoms. The summed E-state index contributed by atoms with van der Waals surface area (Å²) in [5, 5.41) is 1.13. The van der Waals surface area contributed by atoms with Crippen LogP contribution in [0.5, 0.6) is 0 Å². The van der Waals surface area contributed by atoms with Gasteiger partial charge < -0.3 is 0 Å². The van der Waals surface area contributed by atoms with Gasteiger partial charge in [0.2, 0.25) is 0 Å². The van der Waals surface area contributed by atoms with Crippen LogP contribution in [0.3, 0.4) is 0 Å². The molecule has 3 N–H and O–H groups in total. The first kappa shape index (κ1) is 9.30. The number of nitrogens with two attached hydrogens (primary N) is 1. The lowest BCUT2D eigenvalue weighted by atomic mass is 10.2. The molecule has 3 rings (SSSR count). The van der Waals surface area contributed by atoms with Crippen LogP contribution < -0.4 is 11.3 Å². The summed E-state index contributed by atoms with van der Waals surface area (Å²) >= 11 is 1.53. The number of aromatic nitrogens is 1. The van der Waals surface area contributed by atoms with Gasteiger partial charge in [0.05, 0.1) is 10.7 Å². The minimum absolute atomic E-state index is 0.179. The Balaban J connectivity index is 1.97. The van der Waals surface area contributed by atoms with Gasteiger partial charge in [0, 0.05) is 11.8 Å². The number of hydrazine groups is 1. The summed E-state index contributed by atoms with van der Waals surface area (Å²) < 4.78 is 0. The Morgan fingerprint density at radius 1 is 1.33 bits per heavy atom. The quantitative estimate of drug-likeness (QED) is 0.463. The molecule has 0 aromatic carbocycles. The number of amides is 1. The maximum Gasteiger partial charge on any atom is 0.277 e. The lowest BCUT2D eigenvalue weighted by molar-refractivity contribution is 0.0956. The van der Waals surface area contributed by atoms with Gasteiger partial charge >= 0.3 is 0 Å². The van der Waals surface area contributed by atoms with Crippen molar-refractivity contribution in [3.05, 3.63) is 15.6 Å². The van der Waals surface area contributed by atoms with E-state index in [1.54, 1.807) is 0 Å². The van der Waals surface area contributed by atoms with Crippen molar-refractivity contribution in [2.24, 2.45) is 5.84 Å². The van der Waals surface area contributed by atoms with E-state index in [4.69, 9.17) is 5.84 Å². The number of thiazole rings is 1. The van der Waals surface area contributed by atoms with Crippen LogP contribution in [0.4, 0.5) is 0 Å². The molecule has 0 saturated heterocycles. The maximum atomic E-state index is 11.6. The number of carbonyl (C=O) groups excluding carboxylic acids is 1. The van der Waals surface area contributed by atoms with Crippen molar-refractivity contribution in [2.45, 2.75) is 37.5 Å². The molecular weight excluding hydrogens is 210 g/mol. The summed E-state index contributed by atoms with van der Waals surface area (Å²) in [5.41, 5.74) is 3.20. The summed E-state index contributed by atoms with van der Waals surface area (Å²) in [6, 6.07) is 0. The van der Waals surface area contributed by atoms with Crippen LogP contribution in [0, 0.1) is 0 Å². The van der Waals surface area contributed by atoms with Crippen LogP contribution in [0.1, 0.15) is 57.9 Å². The standard InChI is InChI=1S/C10H13N3OS/c11-13-9(14)8-7(5-1-2-5)12-10(15-8)6-3-4-6/h5-6H,1-4,11H2,(H,13,14). The molecule has 2 saturated carbocycles. The molecule has 2 aliphatic rings. The highest BCUT2D eigenvalue weighted by Gasteiger charge is 2.35. The Labute approximate surface area is 91.9 Å². The lowest BCUT2D eigenvalue weighted by Crippen LogP contribution is -2.30. The van der Waals surface area contributed by atoms with E-state index < -0.39 is 0 Å². The van der Waals surface area contributed by atoms with Gasteiger partial charge in [-0.1, -0.05) is 0 Å².